The van der Waals surface area contributed by atoms with E-state index >= 15 is 4.39 Å². The number of piperidine rings is 1. The van der Waals surface area contributed by atoms with Crippen LogP contribution in [0.2, 0.25) is 0 Å². The Balaban J connectivity index is 1.64. The van der Waals surface area contributed by atoms with Gasteiger partial charge in [-0.25, -0.2) is 9.37 Å². The molecule has 0 aromatic carbocycles. The zero-order valence-corrected chi connectivity index (χ0v) is 15.0. The minimum atomic E-state index is -2.12. The first-order valence-electron chi connectivity index (χ1n) is 8.67. The second-order valence-electron chi connectivity index (χ2n) is 6.43. The summed E-state index contributed by atoms with van der Waals surface area (Å²) in [6.07, 6.45) is 5.11. The third-order valence-corrected chi connectivity index (χ3v) is 4.51. The van der Waals surface area contributed by atoms with E-state index in [9.17, 15) is 9.59 Å². The van der Waals surface area contributed by atoms with Gasteiger partial charge in [0.1, 0.15) is 0 Å². The van der Waals surface area contributed by atoms with Gasteiger partial charge in [0, 0.05) is 37.7 Å². The van der Waals surface area contributed by atoms with Gasteiger partial charge in [-0.1, -0.05) is 6.07 Å². The van der Waals surface area contributed by atoms with Crippen LogP contribution in [0.25, 0.3) is 0 Å². The molecule has 0 radical (unpaired) electrons. The molecule has 7 nitrogen and oxygen atoms in total. The summed E-state index contributed by atoms with van der Waals surface area (Å²) < 4.78 is 20.2. The summed E-state index contributed by atoms with van der Waals surface area (Å²) >= 11 is 0. The summed E-state index contributed by atoms with van der Waals surface area (Å²) in [4.78, 5) is 34.4. The predicted molar refractivity (Wildman–Crippen MR) is 95.8 cm³/mol. The Morgan fingerprint density at radius 2 is 2.19 bits per heavy atom. The van der Waals surface area contributed by atoms with E-state index in [1.54, 1.807) is 36.7 Å². The van der Waals surface area contributed by atoms with Crippen LogP contribution < -0.4 is 10.1 Å². The van der Waals surface area contributed by atoms with Gasteiger partial charge in [-0.05, 0) is 30.5 Å². The summed E-state index contributed by atoms with van der Waals surface area (Å²) in [7, 11) is 1.48. The van der Waals surface area contributed by atoms with Crippen molar-refractivity contribution >= 4 is 11.8 Å². The average molecular weight is 372 g/mol. The molecule has 3 heterocycles. The normalized spacial score (nSPS) is 19.4. The van der Waals surface area contributed by atoms with Gasteiger partial charge in [-0.2, -0.15) is 0 Å². The highest BCUT2D eigenvalue weighted by Gasteiger charge is 2.43. The lowest BCUT2D eigenvalue weighted by molar-refractivity contribution is -0.136. The van der Waals surface area contributed by atoms with Crippen LogP contribution in [0.5, 0.6) is 5.88 Å². The van der Waals surface area contributed by atoms with E-state index in [1.165, 1.54) is 18.2 Å². The van der Waals surface area contributed by atoms with Crippen LogP contribution in [0, 0.1) is 0 Å². The Bertz CT molecular complexity index is 800. The fraction of sp³-hybridized carbons (Fsp3) is 0.368. The molecule has 1 aliphatic heterocycles. The molecule has 142 valence electrons. The Morgan fingerprint density at radius 3 is 2.85 bits per heavy atom. The lowest BCUT2D eigenvalue weighted by atomic mass is 9.93. The first-order chi connectivity index (χ1) is 13.0. The largest absolute Gasteiger partial charge is 0.481 e. The SMILES string of the molecule is COc1ccc(C(=O)N2CCCC(F)(C(=O)NCc3cccnc3)C2)cn1. The fourth-order valence-corrected chi connectivity index (χ4v) is 3.02. The molecule has 3 rings (SSSR count). The van der Waals surface area contributed by atoms with Crippen molar-refractivity contribution in [1.82, 2.24) is 20.2 Å². The van der Waals surface area contributed by atoms with Crippen LogP contribution in [-0.2, 0) is 11.3 Å². The van der Waals surface area contributed by atoms with Crippen molar-refractivity contribution in [2.45, 2.75) is 25.1 Å². The maximum absolute atomic E-state index is 15.3. The van der Waals surface area contributed by atoms with E-state index in [4.69, 9.17) is 4.74 Å². The standard InChI is InChI=1S/C19H21FN4O3/c1-27-16-6-5-15(12-22-16)17(25)24-9-3-7-19(20,13-24)18(26)23-11-14-4-2-8-21-10-14/h2,4-6,8,10,12H,3,7,9,11,13H2,1H3,(H,23,26). The highest BCUT2D eigenvalue weighted by Crippen LogP contribution is 2.27. The van der Waals surface area contributed by atoms with Gasteiger partial charge in [0.05, 0.1) is 19.2 Å². The van der Waals surface area contributed by atoms with Crippen LogP contribution in [0.3, 0.4) is 0 Å². The predicted octanol–water partition coefficient (Wildman–Crippen LogP) is 1.75. The van der Waals surface area contributed by atoms with Gasteiger partial charge in [-0.3, -0.25) is 14.6 Å². The van der Waals surface area contributed by atoms with E-state index in [-0.39, 0.29) is 25.4 Å². The molecule has 1 aliphatic rings. The molecular formula is C19H21FN4O3. The number of pyridine rings is 2. The number of carbonyl (C=O) groups is 2. The van der Waals surface area contributed by atoms with E-state index in [0.717, 1.165) is 5.56 Å². The number of amides is 2. The first kappa shape index (κ1) is 18.8. The number of carbonyl (C=O) groups excluding carboxylic acids is 2. The Hall–Kier alpha value is -3.03. The van der Waals surface area contributed by atoms with Crippen molar-refractivity contribution in [2.75, 3.05) is 20.2 Å². The van der Waals surface area contributed by atoms with Crippen LogP contribution >= 0.6 is 0 Å². The summed E-state index contributed by atoms with van der Waals surface area (Å²) in [5, 5.41) is 2.60. The molecule has 1 fully saturated rings. The van der Waals surface area contributed by atoms with Crippen LogP contribution in [-0.4, -0.2) is 52.6 Å². The maximum Gasteiger partial charge on any atom is 0.259 e. The van der Waals surface area contributed by atoms with Crippen LogP contribution in [0.4, 0.5) is 4.39 Å². The molecular weight excluding hydrogens is 351 g/mol. The van der Waals surface area contributed by atoms with Crippen molar-refractivity contribution in [1.29, 1.82) is 0 Å². The van der Waals surface area contributed by atoms with Gasteiger partial charge in [0.2, 0.25) is 11.5 Å². The van der Waals surface area contributed by atoms with Crippen molar-refractivity contribution in [3.8, 4) is 5.88 Å². The molecule has 2 aromatic rings. The van der Waals surface area contributed by atoms with Crippen molar-refractivity contribution < 1.29 is 18.7 Å². The number of nitrogens with zero attached hydrogens (tertiary/aromatic N) is 3. The molecule has 27 heavy (non-hydrogen) atoms. The fourth-order valence-electron chi connectivity index (χ4n) is 3.02. The van der Waals surface area contributed by atoms with E-state index in [2.05, 4.69) is 15.3 Å². The number of likely N-dealkylation sites (tertiary alicyclic amines) is 1. The molecule has 1 N–H and O–H groups in total. The van der Waals surface area contributed by atoms with Crippen molar-refractivity contribution in [3.63, 3.8) is 0 Å². The summed E-state index contributed by atoms with van der Waals surface area (Å²) in [6.45, 7) is 0.303. The number of alkyl halides is 1. The summed E-state index contributed by atoms with van der Waals surface area (Å²) in [5.74, 6) is -0.677. The molecule has 8 heteroatoms. The van der Waals surface area contributed by atoms with Gasteiger partial charge < -0.3 is 15.0 Å². The Kier molecular flexibility index (Phi) is 5.63. The maximum atomic E-state index is 15.3. The molecule has 0 spiro atoms. The molecule has 0 saturated carbocycles. The van der Waals surface area contributed by atoms with Gasteiger partial charge in [0.25, 0.3) is 11.8 Å². The monoisotopic (exact) mass is 372 g/mol. The first-order valence-corrected chi connectivity index (χ1v) is 8.67. The Labute approximate surface area is 156 Å². The quantitative estimate of drug-likeness (QED) is 0.864. The second-order valence-corrected chi connectivity index (χ2v) is 6.43. The number of nitrogens with one attached hydrogen (secondary N) is 1. The third kappa shape index (κ3) is 4.39. The van der Waals surface area contributed by atoms with E-state index in [1.807, 2.05) is 0 Å². The molecule has 0 bridgehead atoms. The number of aromatic nitrogens is 2. The van der Waals surface area contributed by atoms with Crippen LogP contribution in [0.1, 0.15) is 28.8 Å². The highest BCUT2D eigenvalue weighted by atomic mass is 19.1. The third-order valence-electron chi connectivity index (χ3n) is 4.51. The summed E-state index contributed by atoms with van der Waals surface area (Å²) in [6, 6.07) is 6.69. The van der Waals surface area contributed by atoms with Crippen LogP contribution in [0.15, 0.2) is 42.9 Å². The number of hydrogen-bond acceptors (Lipinski definition) is 5. The molecule has 2 aromatic heterocycles. The molecule has 0 aliphatic carbocycles. The topological polar surface area (TPSA) is 84.4 Å². The minimum absolute atomic E-state index is 0.0799. The van der Waals surface area contributed by atoms with Gasteiger partial charge >= 0.3 is 0 Å². The minimum Gasteiger partial charge on any atom is -0.481 e. The lowest BCUT2D eigenvalue weighted by Gasteiger charge is -2.36. The number of rotatable bonds is 5. The molecule has 1 saturated heterocycles. The smallest absolute Gasteiger partial charge is 0.259 e. The van der Waals surface area contributed by atoms with Crippen molar-refractivity contribution in [2.24, 2.45) is 0 Å². The second kappa shape index (κ2) is 8.11. The zero-order chi connectivity index (χ0) is 19.3. The van der Waals surface area contributed by atoms with E-state index < -0.39 is 11.6 Å². The zero-order valence-electron chi connectivity index (χ0n) is 15.0. The number of methoxy groups -OCH3 is 1. The van der Waals surface area contributed by atoms with Gasteiger partial charge in [0.15, 0.2) is 0 Å². The average Bonchev–Trinajstić information content (AvgIpc) is 2.72. The molecule has 1 atom stereocenters. The molecule has 2 amide bonds. The number of hydrogen-bond donors (Lipinski definition) is 1. The lowest BCUT2D eigenvalue weighted by Crippen LogP contribution is -2.55. The van der Waals surface area contributed by atoms with E-state index in [0.29, 0.717) is 24.4 Å². The van der Waals surface area contributed by atoms with Crippen molar-refractivity contribution in [3.05, 3.63) is 54.0 Å². The number of halogens is 1. The van der Waals surface area contributed by atoms with Gasteiger partial charge in [-0.15, -0.1) is 0 Å². The summed E-state index contributed by atoms with van der Waals surface area (Å²) in [5.41, 5.74) is -1.01. The number of ether oxygens (including phenoxy) is 1. The Morgan fingerprint density at radius 1 is 1.33 bits per heavy atom. The molecule has 1 unspecified atom stereocenters. The highest BCUT2D eigenvalue weighted by molar-refractivity contribution is 5.95.